The molecule has 30 heavy (non-hydrogen) atoms. The van der Waals surface area contributed by atoms with E-state index in [4.69, 9.17) is 14.2 Å². The van der Waals surface area contributed by atoms with Gasteiger partial charge in [0.2, 0.25) is 0 Å². The highest BCUT2D eigenvalue weighted by molar-refractivity contribution is 5.73. The second-order valence-electron chi connectivity index (χ2n) is 9.46. The van der Waals surface area contributed by atoms with Gasteiger partial charge in [0.15, 0.2) is 11.3 Å². The first-order valence-electron chi connectivity index (χ1n) is 10.9. The molecule has 3 aliphatic heterocycles. The zero-order chi connectivity index (χ0) is 20.9. The lowest BCUT2D eigenvalue weighted by Crippen LogP contribution is -2.53. The second kappa shape index (κ2) is 7.43. The fourth-order valence-corrected chi connectivity index (χ4v) is 4.84. The summed E-state index contributed by atoms with van der Waals surface area (Å²) in [6.45, 7) is 11.6. The number of benzene rings is 1. The van der Waals surface area contributed by atoms with E-state index in [2.05, 4.69) is 41.5 Å². The van der Waals surface area contributed by atoms with E-state index < -0.39 is 0 Å². The highest BCUT2D eigenvalue weighted by atomic mass is 16.6. The third-order valence-electron chi connectivity index (χ3n) is 6.37. The van der Waals surface area contributed by atoms with Gasteiger partial charge in [-0.3, -0.25) is 4.79 Å². The molecule has 0 radical (unpaired) electrons. The Morgan fingerprint density at radius 1 is 1.20 bits per heavy atom. The molecule has 6 nitrogen and oxygen atoms in total. The topological polar surface area (TPSA) is 52.9 Å². The van der Waals surface area contributed by atoms with Crippen molar-refractivity contribution in [2.75, 3.05) is 44.4 Å². The molecule has 2 saturated heterocycles. The SMILES string of the molecule is Cc1c2n(c(OC[C@@H]3COCCO3)cc1=O)CCc1cc(N3CC(C)(C)C3)ccc1-2. The van der Waals surface area contributed by atoms with Crippen molar-refractivity contribution in [2.24, 2.45) is 5.41 Å². The van der Waals surface area contributed by atoms with Gasteiger partial charge in [-0.2, -0.15) is 0 Å². The molecule has 160 valence electrons. The molecule has 4 heterocycles. The van der Waals surface area contributed by atoms with Crippen LogP contribution in [0.25, 0.3) is 11.3 Å². The summed E-state index contributed by atoms with van der Waals surface area (Å²) in [6.07, 6.45) is 0.834. The van der Waals surface area contributed by atoms with E-state index in [9.17, 15) is 4.79 Å². The zero-order valence-corrected chi connectivity index (χ0v) is 18.1. The molecule has 0 saturated carbocycles. The lowest BCUT2D eigenvalue weighted by Gasteiger charge is -2.47. The van der Waals surface area contributed by atoms with Gasteiger partial charge in [0.25, 0.3) is 0 Å². The minimum Gasteiger partial charge on any atom is -0.476 e. The molecule has 0 unspecified atom stereocenters. The molecule has 1 atom stereocenters. The molecule has 2 fully saturated rings. The van der Waals surface area contributed by atoms with Crippen LogP contribution in [0.4, 0.5) is 5.69 Å². The van der Waals surface area contributed by atoms with Crippen molar-refractivity contribution in [1.82, 2.24) is 4.57 Å². The molecule has 1 aromatic carbocycles. The van der Waals surface area contributed by atoms with Gasteiger partial charge in [0.05, 0.1) is 25.5 Å². The van der Waals surface area contributed by atoms with Crippen LogP contribution in [-0.2, 0) is 22.4 Å². The van der Waals surface area contributed by atoms with E-state index in [-0.39, 0.29) is 11.5 Å². The summed E-state index contributed by atoms with van der Waals surface area (Å²) in [6, 6.07) is 8.28. The normalized spacial score (nSPS) is 22.1. The average molecular weight is 411 g/mol. The number of pyridine rings is 1. The largest absolute Gasteiger partial charge is 0.476 e. The van der Waals surface area contributed by atoms with Crippen LogP contribution in [0.5, 0.6) is 5.88 Å². The Morgan fingerprint density at radius 2 is 2.03 bits per heavy atom. The molecule has 0 amide bonds. The van der Waals surface area contributed by atoms with Crippen LogP contribution in [0, 0.1) is 12.3 Å². The zero-order valence-electron chi connectivity index (χ0n) is 18.1. The summed E-state index contributed by atoms with van der Waals surface area (Å²) < 4.78 is 19.3. The van der Waals surface area contributed by atoms with Crippen molar-refractivity contribution >= 4 is 5.69 Å². The van der Waals surface area contributed by atoms with E-state index in [1.165, 1.54) is 11.3 Å². The predicted octanol–water partition coefficient (Wildman–Crippen LogP) is 3.02. The van der Waals surface area contributed by atoms with E-state index in [1.807, 2.05) is 6.92 Å². The van der Waals surface area contributed by atoms with Crippen molar-refractivity contribution in [1.29, 1.82) is 0 Å². The molecule has 3 aliphatic rings. The average Bonchev–Trinajstić information content (AvgIpc) is 2.73. The van der Waals surface area contributed by atoms with E-state index >= 15 is 0 Å². The third kappa shape index (κ3) is 3.52. The van der Waals surface area contributed by atoms with Crippen molar-refractivity contribution in [3.8, 4) is 17.1 Å². The Balaban J connectivity index is 1.45. The maximum Gasteiger partial charge on any atom is 0.197 e. The Labute approximate surface area is 177 Å². The first-order chi connectivity index (χ1) is 14.4. The quantitative estimate of drug-likeness (QED) is 0.776. The van der Waals surface area contributed by atoms with E-state index in [0.29, 0.717) is 37.7 Å². The molecule has 0 spiro atoms. The van der Waals surface area contributed by atoms with Crippen LogP contribution in [-0.4, -0.2) is 50.2 Å². The fraction of sp³-hybridized carbons (Fsp3) is 0.542. The molecule has 0 bridgehead atoms. The van der Waals surface area contributed by atoms with Crippen molar-refractivity contribution < 1.29 is 14.2 Å². The number of hydrogen-bond acceptors (Lipinski definition) is 5. The van der Waals surface area contributed by atoms with Crippen LogP contribution in [0.3, 0.4) is 0 Å². The maximum atomic E-state index is 12.7. The lowest BCUT2D eigenvalue weighted by molar-refractivity contribution is -0.102. The van der Waals surface area contributed by atoms with Crippen LogP contribution in [0.15, 0.2) is 29.1 Å². The summed E-state index contributed by atoms with van der Waals surface area (Å²) in [7, 11) is 0. The Hall–Kier alpha value is -2.31. The van der Waals surface area contributed by atoms with Gasteiger partial charge in [0.1, 0.15) is 12.7 Å². The highest BCUT2D eigenvalue weighted by Crippen LogP contribution is 2.39. The number of aryl methyl sites for hydroxylation is 1. The Morgan fingerprint density at radius 3 is 2.77 bits per heavy atom. The highest BCUT2D eigenvalue weighted by Gasteiger charge is 2.34. The van der Waals surface area contributed by atoms with Crippen LogP contribution in [0.1, 0.15) is 25.0 Å². The smallest absolute Gasteiger partial charge is 0.197 e. The first-order valence-corrected chi connectivity index (χ1v) is 10.9. The number of fused-ring (bicyclic) bond motifs is 3. The van der Waals surface area contributed by atoms with Gasteiger partial charge in [0, 0.05) is 42.5 Å². The van der Waals surface area contributed by atoms with Gasteiger partial charge in [-0.25, -0.2) is 0 Å². The Kier molecular flexibility index (Phi) is 4.86. The maximum absolute atomic E-state index is 12.7. The second-order valence-corrected chi connectivity index (χ2v) is 9.46. The summed E-state index contributed by atoms with van der Waals surface area (Å²) in [5.41, 5.74) is 5.89. The fourth-order valence-electron chi connectivity index (χ4n) is 4.84. The summed E-state index contributed by atoms with van der Waals surface area (Å²) in [5.74, 6) is 0.619. The number of rotatable bonds is 4. The standard InChI is InChI=1S/C24H30N2O4/c1-16-21(27)11-22(30-13-19-12-28-8-9-29-19)26-7-6-17-10-18(4-5-20(17)23(16)26)25-14-24(2,3)15-25/h4-5,10-11,19H,6-9,12-15H2,1-3H3/t19-/m0/s1. The van der Waals surface area contributed by atoms with Crippen LogP contribution >= 0.6 is 0 Å². The van der Waals surface area contributed by atoms with Crippen molar-refractivity contribution in [3.63, 3.8) is 0 Å². The summed E-state index contributed by atoms with van der Waals surface area (Å²) >= 11 is 0. The first kappa shape index (κ1) is 19.6. The van der Waals surface area contributed by atoms with Crippen molar-refractivity contribution in [2.45, 2.75) is 39.8 Å². The van der Waals surface area contributed by atoms with Gasteiger partial charge in [-0.15, -0.1) is 0 Å². The summed E-state index contributed by atoms with van der Waals surface area (Å²) in [5, 5.41) is 0. The number of ether oxygens (including phenoxy) is 3. The van der Waals surface area contributed by atoms with Gasteiger partial charge < -0.3 is 23.7 Å². The van der Waals surface area contributed by atoms with E-state index in [1.54, 1.807) is 6.07 Å². The lowest BCUT2D eigenvalue weighted by atomic mass is 9.83. The number of aromatic nitrogens is 1. The van der Waals surface area contributed by atoms with Gasteiger partial charge in [-0.1, -0.05) is 19.9 Å². The van der Waals surface area contributed by atoms with Gasteiger partial charge in [-0.05, 0) is 36.5 Å². The number of nitrogens with zero attached hydrogens (tertiary/aromatic N) is 2. The van der Waals surface area contributed by atoms with Crippen molar-refractivity contribution in [3.05, 3.63) is 45.6 Å². The summed E-state index contributed by atoms with van der Waals surface area (Å²) in [4.78, 5) is 15.1. The molecule has 6 heteroatoms. The minimum absolute atomic E-state index is 0.0125. The van der Waals surface area contributed by atoms with E-state index in [0.717, 1.165) is 42.9 Å². The molecular formula is C24H30N2O4. The molecule has 2 aromatic rings. The molecule has 0 aliphatic carbocycles. The number of hydrogen-bond donors (Lipinski definition) is 0. The van der Waals surface area contributed by atoms with Gasteiger partial charge >= 0.3 is 0 Å². The molecule has 0 N–H and O–H groups in total. The molecule has 1 aromatic heterocycles. The predicted molar refractivity (Wildman–Crippen MR) is 117 cm³/mol. The number of anilines is 1. The van der Waals surface area contributed by atoms with Crippen LogP contribution in [0.2, 0.25) is 0 Å². The molecular weight excluding hydrogens is 380 g/mol. The van der Waals surface area contributed by atoms with Crippen LogP contribution < -0.4 is 15.1 Å². The Bertz CT molecular complexity index is 1010. The minimum atomic E-state index is -0.0920. The third-order valence-corrected chi connectivity index (χ3v) is 6.37. The molecule has 5 rings (SSSR count). The monoisotopic (exact) mass is 410 g/mol.